The first-order chi connectivity index (χ1) is 13.8. The molecule has 0 bridgehead atoms. The molecule has 6 nitrogen and oxygen atoms in total. The van der Waals surface area contributed by atoms with Gasteiger partial charge in [-0.05, 0) is 62.7 Å². The van der Waals surface area contributed by atoms with Crippen molar-refractivity contribution in [1.29, 1.82) is 0 Å². The zero-order valence-corrected chi connectivity index (χ0v) is 17.9. The molecule has 6 heteroatoms. The van der Waals surface area contributed by atoms with Crippen molar-refractivity contribution in [2.24, 2.45) is 0 Å². The highest BCUT2D eigenvalue weighted by molar-refractivity contribution is 5.91. The van der Waals surface area contributed by atoms with Gasteiger partial charge in [-0.1, -0.05) is 12.1 Å². The molecule has 0 fully saturated rings. The summed E-state index contributed by atoms with van der Waals surface area (Å²) in [6.45, 7) is 8.79. The number of benzene rings is 2. The summed E-state index contributed by atoms with van der Waals surface area (Å²) in [5.74, 6) is 0.377. The van der Waals surface area contributed by atoms with E-state index < -0.39 is 6.04 Å². The zero-order chi connectivity index (χ0) is 21.4. The van der Waals surface area contributed by atoms with E-state index in [0.717, 1.165) is 29.2 Å². The number of nitrogens with zero attached hydrogens (tertiary/aromatic N) is 1. The van der Waals surface area contributed by atoms with Gasteiger partial charge in [-0.2, -0.15) is 0 Å². The SMILES string of the molecule is CCN(c1ccc(NC(=O)CC(NC(C)=O)c2ccc(OC)cc2)cc1)C(C)C. The number of rotatable bonds is 9. The van der Waals surface area contributed by atoms with Crippen LogP contribution in [0.3, 0.4) is 0 Å². The minimum Gasteiger partial charge on any atom is -0.497 e. The van der Waals surface area contributed by atoms with Crippen molar-refractivity contribution in [1.82, 2.24) is 5.32 Å². The van der Waals surface area contributed by atoms with Crippen LogP contribution in [-0.4, -0.2) is 31.5 Å². The lowest BCUT2D eigenvalue weighted by Gasteiger charge is -2.27. The Labute approximate surface area is 173 Å². The van der Waals surface area contributed by atoms with Crippen molar-refractivity contribution in [3.63, 3.8) is 0 Å². The minimum atomic E-state index is -0.408. The number of anilines is 2. The van der Waals surface area contributed by atoms with E-state index in [9.17, 15) is 9.59 Å². The Morgan fingerprint density at radius 2 is 1.66 bits per heavy atom. The molecule has 0 heterocycles. The molecule has 0 aliphatic carbocycles. The first-order valence-corrected chi connectivity index (χ1v) is 9.91. The maximum atomic E-state index is 12.6. The first-order valence-electron chi connectivity index (χ1n) is 9.91. The van der Waals surface area contributed by atoms with E-state index in [1.54, 1.807) is 7.11 Å². The molecule has 2 N–H and O–H groups in total. The van der Waals surface area contributed by atoms with Gasteiger partial charge in [-0.25, -0.2) is 0 Å². The molecular weight excluding hydrogens is 366 g/mol. The summed E-state index contributed by atoms with van der Waals surface area (Å²) in [7, 11) is 1.60. The molecule has 29 heavy (non-hydrogen) atoms. The molecule has 1 unspecified atom stereocenters. The highest BCUT2D eigenvalue weighted by atomic mass is 16.5. The van der Waals surface area contributed by atoms with E-state index >= 15 is 0 Å². The Hall–Kier alpha value is -3.02. The van der Waals surface area contributed by atoms with Crippen molar-refractivity contribution in [2.45, 2.75) is 46.2 Å². The fourth-order valence-corrected chi connectivity index (χ4v) is 3.31. The Morgan fingerprint density at radius 1 is 1.03 bits per heavy atom. The third kappa shape index (κ3) is 6.52. The summed E-state index contributed by atoms with van der Waals surface area (Å²) in [6, 6.07) is 15.2. The third-order valence-electron chi connectivity index (χ3n) is 4.73. The fraction of sp³-hybridized carbons (Fsp3) is 0.391. The van der Waals surface area contributed by atoms with Gasteiger partial charge in [-0.3, -0.25) is 9.59 Å². The number of carbonyl (C=O) groups excluding carboxylic acids is 2. The highest BCUT2D eigenvalue weighted by Gasteiger charge is 2.18. The van der Waals surface area contributed by atoms with Crippen molar-refractivity contribution in [3.05, 3.63) is 54.1 Å². The minimum absolute atomic E-state index is 0.140. The van der Waals surface area contributed by atoms with Gasteiger partial charge in [0.1, 0.15) is 5.75 Å². The van der Waals surface area contributed by atoms with Crippen LogP contribution in [0.2, 0.25) is 0 Å². The highest BCUT2D eigenvalue weighted by Crippen LogP contribution is 2.23. The van der Waals surface area contributed by atoms with Crippen LogP contribution in [0.1, 0.15) is 45.7 Å². The number of carbonyl (C=O) groups is 2. The molecule has 2 aromatic carbocycles. The van der Waals surface area contributed by atoms with Gasteiger partial charge in [0, 0.05) is 30.9 Å². The average Bonchev–Trinajstić information content (AvgIpc) is 2.69. The van der Waals surface area contributed by atoms with E-state index in [1.165, 1.54) is 6.92 Å². The second kappa shape index (κ2) is 10.5. The first kappa shape index (κ1) is 22.3. The number of nitrogens with one attached hydrogen (secondary N) is 2. The molecule has 0 aliphatic heterocycles. The number of hydrogen-bond donors (Lipinski definition) is 2. The molecule has 0 aromatic heterocycles. The molecule has 2 amide bonds. The molecule has 156 valence electrons. The summed E-state index contributed by atoms with van der Waals surface area (Å²) >= 11 is 0. The lowest BCUT2D eigenvalue weighted by molar-refractivity contribution is -0.120. The molecule has 0 aliphatic rings. The van der Waals surface area contributed by atoms with Crippen LogP contribution in [0.5, 0.6) is 5.75 Å². The predicted molar refractivity (Wildman–Crippen MR) is 117 cm³/mol. The van der Waals surface area contributed by atoms with E-state index in [4.69, 9.17) is 4.74 Å². The number of ether oxygens (including phenoxy) is 1. The summed E-state index contributed by atoms with van der Waals surface area (Å²) in [5.41, 5.74) is 2.70. The van der Waals surface area contributed by atoms with Crippen LogP contribution >= 0.6 is 0 Å². The largest absolute Gasteiger partial charge is 0.497 e. The quantitative estimate of drug-likeness (QED) is 0.667. The molecule has 2 aromatic rings. The van der Waals surface area contributed by atoms with E-state index in [1.807, 2.05) is 48.5 Å². The second-order valence-electron chi connectivity index (χ2n) is 7.21. The molecule has 0 spiro atoms. The van der Waals surface area contributed by atoms with E-state index in [0.29, 0.717) is 6.04 Å². The second-order valence-corrected chi connectivity index (χ2v) is 7.21. The molecular formula is C23H31N3O3. The van der Waals surface area contributed by atoms with Crippen LogP contribution in [0.15, 0.2) is 48.5 Å². The van der Waals surface area contributed by atoms with Gasteiger partial charge in [0.15, 0.2) is 0 Å². The van der Waals surface area contributed by atoms with E-state index in [2.05, 4.69) is 36.3 Å². The lowest BCUT2D eigenvalue weighted by atomic mass is 10.0. The molecule has 1 atom stereocenters. The zero-order valence-electron chi connectivity index (χ0n) is 17.9. The standard InChI is InChI=1S/C23H31N3O3/c1-6-26(16(2)3)20-11-9-19(10-12-20)25-23(28)15-22(24-17(4)27)18-7-13-21(29-5)14-8-18/h7-14,16,22H,6,15H2,1-5H3,(H,24,27)(H,25,28). The van der Waals surface area contributed by atoms with Crippen LogP contribution in [-0.2, 0) is 9.59 Å². The molecule has 2 rings (SSSR count). The fourth-order valence-electron chi connectivity index (χ4n) is 3.31. The van der Waals surface area contributed by atoms with Gasteiger partial charge >= 0.3 is 0 Å². The van der Waals surface area contributed by atoms with Crippen molar-refractivity contribution < 1.29 is 14.3 Å². The lowest BCUT2D eigenvalue weighted by Crippen LogP contribution is -2.30. The van der Waals surface area contributed by atoms with Gasteiger partial charge in [0.05, 0.1) is 19.6 Å². The predicted octanol–water partition coefficient (Wildman–Crippen LogP) is 4.14. The maximum Gasteiger partial charge on any atom is 0.226 e. The van der Waals surface area contributed by atoms with Crippen molar-refractivity contribution in [3.8, 4) is 5.75 Å². The summed E-state index contributed by atoms with van der Waals surface area (Å²) < 4.78 is 5.17. The average molecular weight is 398 g/mol. The monoisotopic (exact) mass is 397 g/mol. The van der Waals surface area contributed by atoms with Crippen molar-refractivity contribution in [2.75, 3.05) is 23.9 Å². The van der Waals surface area contributed by atoms with Crippen LogP contribution in [0.4, 0.5) is 11.4 Å². The number of methoxy groups -OCH3 is 1. The van der Waals surface area contributed by atoms with Gasteiger partial charge < -0.3 is 20.3 Å². The summed E-state index contributed by atoms with van der Waals surface area (Å²) in [5, 5.41) is 5.77. The topological polar surface area (TPSA) is 70.7 Å². The van der Waals surface area contributed by atoms with Gasteiger partial charge in [-0.15, -0.1) is 0 Å². The molecule has 0 saturated heterocycles. The van der Waals surface area contributed by atoms with Crippen LogP contribution < -0.4 is 20.3 Å². The maximum absolute atomic E-state index is 12.6. The Balaban J connectivity index is 2.06. The summed E-state index contributed by atoms with van der Waals surface area (Å²) in [4.78, 5) is 26.5. The normalized spacial score (nSPS) is 11.7. The Bertz CT molecular complexity index is 801. The Morgan fingerprint density at radius 3 is 2.14 bits per heavy atom. The molecule has 0 radical (unpaired) electrons. The van der Waals surface area contributed by atoms with Crippen LogP contribution in [0.25, 0.3) is 0 Å². The van der Waals surface area contributed by atoms with Crippen LogP contribution in [0, 0.1) is 0 Å². The van der Waals surface area contributed by atoms with E-state index in [-0.39, 0.29) is 18.2 Å². The van der Waals surface area contributed by atoms with Gasteiger partial charge in [0.2, 0.25) is 11.8 Å². The third-order valence-corrected chi connectivity index (χ3v) is 4.73. The number of amides is 2. The summed E-state index contributed by atoms with van der Waals surface area (Å²) in [6.07, 6.45) is 0.140. The molecule has 0 saturated carbocycles. The smallest absolute Gasteiger partial charge is 0.226 e. The van der Waals surface area contributed by atoms with Gasteiger partial charge in [0.25, 0.3) is 0 Å². The van der Waals surface area contributed by atoms with Crippen molar-refractivity contribution >= 4 is 23.2 Å². The number of hydrogen-bond acceptors (Lipinski definition) is 4. The Kier molecular flexibility index (Phi) is 8.07.